The van der Waals surface area contributed by atoms with E-state index in [1.165, 1.54) is 10.8 Å². The molecule has 0 radical (unpaired) electrons. The Bertz CT molecular complexity index is 423. The Morgan fingerprint density at radius 3 is 2.20 bits per heavy atom. The van der Waals surface area contributed by atoms with E-state index < -0.39 is 0 Å². The SMILES string of the molecule is NNc1ccc2ccccc2c1.[I][V][I]. The van der Waals surface area contributed by atoms with Crippen molar-refractivity contribution in [3.8, 4) is 0 Å². The first-order valence-electron chi connectivity index (χ1n) is 4.19. The van der Waals surface area contributed by atoms with Gasteiger partial charge in [0.25, 0.3) is 0 Å². The van der Waals surface area contributed by atoms with Gasteiger partial charge in [-0.1, -0.05) is 30.3 Å². The molecule has 2 aromatic carbocycles. The average molecular weight is 463 g/mol. The molecule has 0 aliphatic rings. The number of nitrogen functional groups attached to an aromatic ring is 1. The van der Waals surface area contributed by atoms with Crippen LogP contribution < -0.4 is 11.3 Å². The molecule has 0 aromatic heterocycles. The number of hydrogen-bond acceptors (Lipinski definition) is 2. The van der Waals surface area contributed by atoms with Crippen LogP contribution in [-0.4, -0.2) is 0 Å². The summed E-state index contributed by atoms with van der Waals surface area (Å²) in [5.74, 6) is 5.29. The molecule has 0 bridgehead atoms. The van der Waals surface area contributed by atoms with E-state index in [0.717, 1.165) is 5.69 Å². The number of nitrogens with one attached hydrogen (secondary N) is 1. The first-order valence-corrected chi connectivity index (χ1v) is 13.2. The van der Waals surface area contributed by atoms with Crippen LogP contribution in [0.2, 0.25) is 0 Å². The summed E-state index contributed by atoms with van der Waals surface area (Å²) in [6, 6.07) is 14.2. The Balaban J connectivity index is 0.000000337. The first-order chi connectivity index (χ1) is 7.31. The van der Waals surface area contributed by atoms with Crippen LogP contribution in [0.15, 0.2) is 42.5 Å². The van der Waals surface area contributed by atoms with Gasteiger partial charge >= 0.3 is 49.4 Å². The maximum absolute atomic E-state index is 5.29. The number of benzene rings is 2. The Labute approximate surface area is 118 Å². The Morgan fingerprint density at radius 2 is 1.60 bits per heavy atom. The molecule has 0 saturated heterocycles. The van der Waals surface area contributed by atoms with Crippen molar-refractivity contribution in [2.45, 2.75) is 0 Å². The summed E-state index contributed by atoms with van der Waals surface area (Å²) in [4.78, 5) is 0. The number of halogens is 2. The van der Waals surface area contributed by atoms with Gasteiger partial charge in [0.1, 0.15) is 0 Å². The fraction of sp³-hybridized carbons (Fsp3) is 0. The zero-order valence-corrected chi connectivity index (χ0v) is 13.5. The molecule has 2 rings (SSSR count). The van der Waals surface area contributed by atoms with E-state index in [1.54, 1.807) is 0 Å². The van der Waals surface area contributed by atoms with Crippen LogP contribution in [0, 0.1) is 0 Å². The summed E-state index contributed by atoms with van der Waals surface area (Å²) in [5, 5.41) is 2.43. The fourth-order valence-electron chi connectivity index (χ4n) is 1.28. The van der Waals surface area contributed by atoms with Crippen molar-refractivity contribution in [2.24, 2.45) is 5.84 Å². The summed E-state index contributed by atoms with van der Waals surface area (Å²) >= 11 is 4.74. The Morgan fingerprint density at radius 1 is 1.00 bits per heavy atom. The molecule has 0 amide bonds. The molecule has 3 N–H and O–H groups in total. The third-order valence-corrected chi connectivity index (χ3v) is 1.92. The molecule has 0 heterocycles. The summed E-state index contributed by atoms with van der Waals surface area (Å²) in [6.45, 7) is 0. The van der Waals surface area contributed by atoms with Crippen molar-refractivity contribution in [2.75, 3.05) is 5.43 Å². The Kier molecular flexibility index (Phi) is 6.99. The maximum atomic E-state index is 5.29. The number of nitrogens with two attached hydrogens (primary N) is 1. The predicted molar refractivity (Wildman–Crippen MR) is 79.8 cm³/mol. The number of fused-ring (bicyclic) bond motifs is 1. The number of rotatable bonds is 1. The molecular weight excluding hydrogens is 453 g/mol. The molecule has 0 aliphatic heterocycles. The van der Waals surface area contributed by atoms with Crippen LogP contribution in [0.1, 0.15) is 0 Å². The van der Waals surface area contributed by atoms with Crippen molar-refractivity contribution in [1.82, 2.24) is 0 Å². The second-order valence-corrected chi connectivity index (χ2v) is 14.6. The van der Waals surface area contributed by atoms with E-state index >= 15 is 0 Å². The molecule has 0 spiro atoms. The quantitative estimate of drug-likeness (QED) is 0.383. The molecule has 0 atom stereocenters. The monoisotopic (exact) mass is 463 g/mol. The van der Waals surface area contributed by atoms with E-state index in [-0.39, 0.29) is 0 Å². The molecular formula is C10H10I2N2V. The zero-order chi connectivity index (χ0) is 11.1. The second kappa shape index (κ2) is 7.73. The van der Waals surface area contributed by atoms with Crippen LogP contribution in [-0.2, 0) is 9.47 Å². The summed E-state index contributed by atoms with van der Waals surface area (Å²) in [6.07, 6.45) is 0. The van der Waals surface area contributed by atoms with E-state index in [9.17, 15) is 0 Å². The van der Waals surface area contributed by atoms with Gasteiger partial charge in [0.2, 0.25) is 0 Å². The van der Waals surface area contributed by atoms with E-state index in [4.69, 9.17) is 5.84 Å². The van der Waals surface area contributed by atoms with Crippen molar-refractivity contribution in [1.29, 1.82) is 0 Å². The van der Waals surface area contributed by atoms with Gasteiger partial charge in [-0.3, -0.25) is 5.84 Å². The molecule has 0 unspecified atom stereocenters. The minimum absolute atomic E-state index is 0.628. The summed E-state index contributed by atoms with van der Waals surface area (Å²) in [7, 11) is 0.628. The van der Waals surface area contributed by atoms with Crippen LogP contribution in [0.5, 0.6) is 0 Å². The zero-order valence-electron chi connectivity index (χ0n) is 7.82. The van der Waals surface area contributed by atoms with Gasteiger partial charge in [0, 0.05) is 5.69 Å². The van der Waals surface area contributed by atoms with E-state index in [1.807, 2.05) is 30.3 Å². The molecule has 79 valence electrons. The van der Waals surface area contributed by atoms with Crippen LogP contribution in [0.25, 0.3) is 10.8 Å². The third-order valence-electron chi connectivity index (χ3n) is 1.92. The second-order valence-electron chi connectivity index (χ2n) is 2.77. The molecule has 2 aromatic rings. The summed E-state index contributed by atoms with van der Waals surface area (Å²) in [5.41, 5.74) is 3.56. The van der Waals surface area contributed by atoms with Crippen molar-refractivity contribution >= 4 is 56.4 Å². The van der Waals surface area contributed by atoms with Gasteiger partial charge in [-0.15, -0.1) is 0 Å². The van der Waals surface area contributed by atoms with Gasteiger partial charge in [0.05, 0.1) is 0 Å². The normalized spacial score (nSPS) is 9.00. The average Bonchev–Trinajstić information content (AvgIpc) is 2.29. The van der Waals surface area contributed by atoms with Crippen LogP contribution in [0.4, 0.5) is 5.69 Å². The van der Waals surface area contributed by atoms with Gasteiger partial charge < -0.3 is 5.43 Å². The third kappa shape index (κ3) is 4.48. The Hall–Kier alpha value is 0.504. The predicted octanol–water partition coefficient (Wildman–Crippen LogP) is 3.89. The van der Waals surface area contributed by atoms with Crippen LogP contribution >= 0.6 is 40.0 Å². The molecule has 0 saturated carbocycles. The number of hydrazine groups is 1. The van der Waals surface area contributed by atoms with Crippen molar-refractivity contribution in [3.63, 3.8) is 0 Å². The summed E-state index contributed by atoms with van der Waals surface area (Å²) < 4.78 is 0. The molecule has 0 aliphatic carbocycles. The van der Waals surface area contributed by atoms with E-state index in [0.29, 0.717) is 9.47 Å². The number of anilines is 1. The topological polar surface area (TPSA) is 38.0 Å². The van der Waals surface area contributed by atoms with Gasteiger partial charge in [0.15, 0.2) is 0 Å². The van der Waals surface area contributed by atoms with Crippen molar-refractivity contribution in [3.05, 3.63) is 42.5 Å². The van der Waals surface area contributed by atoms with Crippen molar-refractivity contribution < 1.29 is 9.47 Å². The first kappa shape index (κ1) is 13.6. The van der Waals surface area contributed by atoms with E-state index in [2.05, 4.69) is 57.5 Å². The van der Waals surface area contributed by atoms with Gasteiger partial charge in [-0.05, 0) is 22.9 Å². The number of hydrogen-bond donors (Lipinski definition) is 2. The molecule has 2 nitrogen and oxygen atoms in total. The fourth-order valence-corrected chi connectivity index (χ4v) is 1.28. The molecule has 15 heavy (non-hydrogen) atoms. The van der Waals surface area contributed by atoms with Gasteiger partial charge in [-0.25, -0.2) is 0 Å². The van der Waals surface area contributed by atoms with Gasteiger partial charge in [-0.2, -0.15) is 0 Å². The standard InChI is InChI=1S/C10H10N2.2HI.V/c11-12-10-6-5-8-3-1-2-4-9(8)7-10;;;/h1-7,12H,11H2;2*1H;/q;;;+2/p-2. The molecule has 5 heteroatoms. The van der Waals surface area contributed by atoms with Crippen LogP contribution in [0.3, 0.4) is 0 Å². The minimum atomic E-state index is 0.628. The molecule has 0 fully saturated rings.